The molecule has 0 aromatic carbocycles. The second-order valence-electron chi connectivity index (χ2n) is 1.22. The molecular formula is C5H16N2O2S. The summed E-state index contributed by atoms with van der Waals surface area (Å²) in [7, 11) is 6.50. The van der Waals surface area contributed by atoms with Gasteiger partial charge in [-0.3, -0.25) is 0 Å². The van der Waals surface area contributed by atoms with Crippen LogP contribution >= 0.6 is 12.2 Å². The Morgan fingerprint density at radius 3 is 1.00 bits per heavy atom. The molecule has 0 heterocycles. The summed E-state index contributed by atoms with van der Waals surface area (Å²) in [4.78, 5) is 0. The van der Waals surface area contributed by atoms with E-state index in [1.54, 1.807) is 28.4 Å². The summed E-state index contributed by atoms with van der Waals surface area (Å²) in [6.07, 6.45) is 0. The molecule has 0 aliphatic carbocycles. The predicted octanol–water partition coefficient (Wildman–Crippen LogP) is -0.286. The van der Waals surface area contributed by atoms with Crippen molar-refractivity contribution in [1.82, 2.24) is 0 Å². The number of rotatable bonds is 0. The monoisotopic (exact) mass is 168 g/mol. The lowest BCUT2D eigenvalue weighted by molar-refractivity contribution is 0.277. The molecule has 0 radical (unpaired) electrons. The molecule has 0 saturated heterocycles. The van der Waals surface area contributed by atoms with Crippen LogP contribution < -0.4 is 11.5 Å². The molecular weight excluding hydrogens is 152 g/mol. The van der Waals surface area contributed by atoms with Crippen LogP contribution in [0.1, 0.15) is 0 Å². The Morgan fingerprint density at radius 2 is 1.00 bits per heavy atom. The van der Waals surface area contributed by atoms with Crippen molar-refractivity contribution in [3.63, 3.8) is 0 Å². The van der Waals surface area contributed by atoms with Crippen LogP contribution in [0, 0.1) is 0 Å². The lowest BCUT2D eigenvalue weighted by atomic mass is 11.3. The standard InChI is InChI=1S/2C2H6O.CH4N2S/c2*1-3-2;2-1(3)4/h2*1-2H3;(H4,2,3,4). The fraction of sp³-hybridized carbons (Fsp3) is 0.800. The molecule has 0 rings (SSSR count). The van der Waals surface area contributed by atoms with E-state index in [4.69, 9.17) is 0 Å². The Morgan fingerprint density at radius 1 is 1.00 bits per heavy atom. The van der Waals surface area contributed by atoms with Crippen molar-refractivity contribution in [2.24, 2.45) is 11.5 Å². The summed E-state index contributed by atoms with van der Waals surface area (Å²) < 4.78 is 8.50. The van der Waals surface area contributed by atoms with E-state index in [1.807, 2.05) is 0 Å². The zero-order valence-electron chi connectivity index (χ0n) is 6.88. The fourth-order valence-corrected chi connectivity index (χ4v) is 0. The Labute approximate surface area is 67.5 Å². The molecule has 0 bridgehead atoms. The van der Waals surface area contributed by atoms with Gasteiger partial charge in [-0.1, -0.05) is 0 Å². The van der Waals surface area contributed by atoms with Gasteiger partial charge >= 0.3 is 0 Å². The number of nitrogens with two attached hydrogens (primary N) is 2. The number of thiocarbonyl (C=S) groups is 1. The summed E-state index contributed by atoms with van der Waals surface area (Å²) in [5, 5.41) is 0.000000000000000222. The molecule has 0 amide bonds. The Bertz CT molecular complexity index is 55.6. The molecule has 0 fully saturated rings. The van der Waals surface area contributed by atoms with Gasteiger partial charge in [-0.2, -0.15) is 0 Å². The molecule has 0 spiro atoms. The highest BCUT2D eigenvalue weighted by molar-refractivity contribution is 7.80. The minimum absolute atomic E-state index is 0.000000000000000222. The number of ether oxygens (including phenoxy) is 2. The third kappa shape index (κ3) is 2190. The molecule has 0 aromatic heterocycles. The first kappa shape index (κ1) is 16.3. The quantitative estimate of drug-likeness (QED) is 0.487. The van der Waals surface area contributed by atoms with Crippen LogP contribution in [-0.2, 0) is 9.47 Å². The van der Waals surface area contributed by atoms with Crippen LogP contribution in [0.15, 0.2) is 0 Å². The molecule has 0 atom stereocenters. The zero-order chi connectivity index (χ0) is 8.99. The average Bonchev–Trinajstić information content (AvgIpc) is 1.65. The van der Waals surface area contributed by atoms with Crippen LogP contribution in [0.3, 0.4) is 0 Å². The minimum atomic E-state index is 0.000000000000000222. The van der Waals surface area contributed by atoms with Crippen LogP contribution in [-0.4, -0.2) is 33.6 Å². The van der Waals surface area contributed by atoms with E-state index in [0.29, 0.717) is 0 Å². The molecule has 64 valence electrons. The third-order valence-electron chi connectivity index (χ3n) is 0. The van der Waals surface area contributed by atoms with E-state index in [0.717, 1.165) is 0 Å². The molecule has 4 nitrogen and oxygen atoms in total. The summed E-state index contributed by atoms with van der Waals surface area (Å²) in [6.45, 7) is 0. The molecule has 0 aliphatic heterocycles. The van der Waals surface area contributed by atoms with Gasteiger partial charge in [0.25, 0.3) is 0 Å². The van der Waals surface area contributed by atoms with E-state index in [9.17, 15) is 0 Å². The molecule has 0 aliphatic rings. The predicted molar refractivity (Wildman–Crippen MR) is 46.8 cm³/mol. The van der Waals surface area contributed by atoms with Crippen molar-refractivity contribution in [3.05, 3.63) is 0 Å². The first-order valence-corrected chi connectivity index (χ1v) is 2.82. The maximum absolute atomic E-state index is 4.62. The smallest absolute Gasteiger partial charge is 0.160 e. The summed E-state index contributed by atoms with van der Waals surface area (Å²) in [5.74, 6) is 0. The topological polar surface area (TPSA) is 70.5 Å². The van der Waals surface area contributed by atoms with Gasteiger partial charge in [0.15, 0.2) is 5.11 Å². The normalized spacial score (nSPS) is 6.00. The van der Waals surface area contributed by atoms with Gasteiger partial charge in [0, 0.05) is 28.4 Å². The summed E-state index contributed by atoms with van der Waals surface area (Å²) in [5.41, 5.74) is 9.24. The Kier molecular flexibility index (Phi) is 38.3. The van der Waals surface area contributed by atoms with Gasteiger partial charge in [-0.15, -0.1) is 0 Å². The lowest BCUT2D eigenvalue weighted by Crippen LogP contribution is -2.18. The summed E-state index contributed by atoms with van der Waals surface area (Å²) in [6, 6.07) is 0. The van der Waals surface area contributed by atoms with E-state index >= 15 is 0 Å². The van der Waals surface area contributed by atoms with Crippen molar-refractivity contribution < 1.29 is 9.47 Å². The van der Waals surface area contributed by atoms with Gasteiger partial charge in [-0.05, 0) is 12.2 Å². The Hall–Kier alpha value is -0.390. The fourth-order valence-electron chi connectivity index (χ4n) is 0. The van der Waals surface area contributed by atoms with Crippen molar-refractivity contribution in [3.8, 4) is 0 Å². The second kappa shape index (κ2) is 23.5. The molecule has 10 heavy (non-hydrogen) atoms. The van der Waals surface area contributed by atoms with Crippen LogP contribution in [0.5, 0.6) is 0 Å². The maximum atomic E-state index is 4.62. The van der Waals surface area contributed by atoms with Crippen molar-refractivity contribution in [2.45, 2.75) is 0 Å². The third-order valence-corrected chi connectivity index (χ3v) is 0. The van der Waals surface area contributed by atoms with Gasteiger partial charge < -0.3 is 20.9 Å². The van der Waals surface area contributed by atoms with E-state index in [2.05, 4.69) is 33.2 Å². The van der Waals surface area contributed by atoms with Crippen molar-refractivity contribution in [1.29, 1.82) is 0 Å². The van der Waals surface area contributed by atoms with Crippen molar-refractivity contribution >= 4 is 17.3 Å². The number of methoxy groups -OCH3 is 2. The highest BCUT2D eigenvalue weighted by Gasteiger charge is 1.53. The lowest BCUT2D eigenvalue weighted by Gasteiger charge is -1.68. The second-order valence-corrected chi connectivity index (χ2v) is 1.69. The highest BCUT2D eigenvalue weighted by Crippen LogP contribution is 1.32. The maximum Gasteiger partial charge on any atom is 0.160 e. The number of hydrogen-bond acceptors (Lipinski definition) is 3. The van der Waals surface area contributed by atoms with Gasteiger partial charge in [0.05, 0.1) is 0 Å². The zero-order valence-corrected chi connectivity index (χ0v) is 7.70. The van der Waals surface area contributed by atoms with E-state index in [-0.39, 0.29) is 5.11 Å². The van der Waals surface area contributed by atoms with E-state index < -0.39 is 0 Å². The first-order valence-electron chi connectivity index (χ1n) is 2.41. The molecule has 5 heteroatoms. The SMILES string of the molecule is COC.COC.NC(N)=S. The van der Waals surface area contributed by atoms with Crippen molar-refractivity contribution in [2.75, 3.05) is 28.4 Å². The average molecular weight is 168 g/mol. The van der Waals surface area contributed by atoms with Crippen LogP contribution in [0.25, 0.3) is 0 Å². The molecule has 0 saturated carbocycles. The van der Waals surface area contributed by atoms with Gasteiger partial charge in [0.2, 0.25) is 0 Å². The largest absolute Gasteiger partial charge is 0.388 e. The molecule has 0 unspecified atom stereocenters. The molecule has 0 aromatic rings. The van der Waals surface area contributed by atoms with Gasteiger partial charge in [0.1, 0.15) is 0 Å². The minimum Gasteiger partial charge on any atom is -0.388 e. The van der Waals surface area contributed by atoms with Crippen LogP contribution in [0.2, 0.25) is 0 Å². The van der Waals surface area contributed by atoms with Gasteiger partial charge in [-0.25, -0.2) is 0 Å². The molecule has 4 N–H and O–H groups in total. The summed E-state index contributed by atoms with van der Waals surface area (Å²) >= 11 is 4.09. The first-order chi connectivity index (χ1) is 4.56. The van der Waals surface area contributed by atoms with E-state index in [1.165, 1.54) is 0 Å². The van der Waals surface area contributed by atoms with Crippen LogP contribution in [0.4, 0.5) is 0 Å². The Balaban J connectivity index is -0.0000000750. The number of hydrogen-bond donors (Lipinski definition) is 2. The highest BCUT2D eigenvalue weighted by atomic mass is 32.1.